The average Bonchev–Trinajstić information content (AvgIpc) is 2.71. The maximum Gasteiger partial charge on any atom is 0.310 e. The van der Waals surface area contributed by atoms with Crippen molar-refractivity contribution < 1.29 is 23.1 Å². The fourth-order valence-electron chi connectivity index (χ4n) is 2.16. The zero-order valence-corrected chi connectivity index (χ0v) is 12.6. The number of hydrogen-bond acceptors (Lipinski definition) is 4. The number of carboxylic acid groups (broad SMARTS) is 1. The summed E-state index contributed by atoms with van der Waals surface area (Å²) in [6.45, 7) is 6.58. The summed E-state index contributed by atoms with van der Waals surface area (Å²) in [4.78, 5) is 11.1. The standard InChI is InChI=1S/C12H23NO5S/c1-4-18-7-10(2)8-19(16,17)13-6-5-12(3,9-13)11(14)15/h10H,4-9H2,1-3H3,(H,14,15). The van der Waals surface area contributed by atoms with Crippen molar-refractivity contribution in [3.8, 4) is 0 Å². The molecule has 0 saturated carbocycles. The Labute approximate surface area is 114 Å². The Kier molecular flexibility index (Phi) is 5.34. The van der Waals surface area contributed by atoms with Crippen LogP contribution in [0.15, 0.2) is 0 Å². The van der Waals surface area contributed by atoms with Gasteiger partial charge in [0, 0.05) is 19.7 Å². The van der Waals surface area contributed by atoms with Gasteiger partial charge in [0.15, 0.2) is 0 Å². The number of aliphatic carboxylic acids is 1. The van der Waals surface area contributed by atoms with Crippen LogP contribution in [-0.4, -0.2) is 55.9 Å². The number of rotatable bonds is 7. The minimum absolute atomic E-state index is 0.00268. The minimum atomic E-state index is -3.40. The van der Waals surface area contributed by atoms with E-state index in [2.05, 4.69) is 0 Å². The van der Waals surface area contributed by atoms with E-state index in [1.807, 2.05) is 13.8 Å². The maximum absolute atomic E-state index is 12.2. The summed E-state index contributed by atoms with van der Waals surface area (Å²) in [5, 5.41) is 9.11. The van der Waals surface area contributed by atoms with Gasteiger partial charge in [0.1, 0.15) is 0 Å². The molecular weight excluding hydrogens is 270 g/mol. The zero-order valence-electron chi connectivity index (χ0n) is 11.8. The normalized spacial score (nSPS) is 26.5. The predicted octanol–water partition coefficient (Wildman–Crippen LogP) is 0.785. The van der Waals surface area contributed by atoms with Crippen LogP contribution in [0.3, 0.4) is 0 Å². The molecule has 0 aromatic carbocycles. The van der Waals surface area contributed by atoms with Crippen molar-refractivity contribution in [2.75, 3.05) is 32.1 Å². The van der Waals surface area contributed by atoms with Crippen molar-refractivity contribution in [1.82, 2.24) is 4.31 Å². The van der Waals surface area contributed by atoms with Crippen LogP contribution in [0.1, 0.15) is 27.2 Å². The second-order valence-electron chi connectivity index (χ2n) is 5.49. The van der Waals surface area contributed by atoms with E-state index in [1.165, 1.54) is 4.31 Å². The highest BCUT2D eigenvalue weighted by Crippen LogP contribution is 2.32. The molecule has 1 heterocycles. The number of ether oxygens (including phenoxy) is 1. The number of sulfonamides is 1. The Morgan fingerprint density at radius 2 is 2.16 bits per heavy atom. The van der Waals surface area contributed by atoms with Gasteiger partial charge in [-0.25, -0.2) is 12.7 Å². The van der Waals surface area contributed by atoms with Gasteiger partial charge >= 0.3 is 5.97 Å². The summed E-state index contributed by atoms with van der Waals surface area (Å²) >= 11 is 0. The van der Waals surface area contributed by atoms with Gasteiger partial charge in [-0.2, -0.15) is 0 Å². The van der Waals surface area contributed by atoms with Crippen LogP contribution in [0.4, 0.5) is 0 Å². The second-order valence-corrected chi connectivity index (χ2v) is 7.51. The molecule has 0 aromatic rings. The topological polar surface area (TPSA) is 83.9 Å². The molecule has 0 aliphatic carbocycles. The van der Waals surface area contributed by atoms with Crippen LogP contribution in [0.2, 0.25) is 0 Å². The highest BCUT2D eigenvalue weighted by atomic mass is 32.2. The number of nitrogens with zero attached hydrogens (tertiary/aromatic N) is 1. The van der Waals surface area contributed by atoms with Gasteiger partial charge in [-0.05, 0) is 26.2 Å². The summed E-state index contributed by atoms with van der Waals surface area (Å²) in [5.74, 6) is -1.03. The molecule has 1 aliphatic heterocycles. The molecule has 0 amide bonds. The minimum Gasteiger partial charge on any atom is -0.481 e. The Bertz CT molecular complexity index is 422. The molecule has 1 saturated heterocycles. The lowest BCUT2D eigenvalue weighted by atomic mass is 9.90. The third kappa shape index (κ3) is 4.15. The summed E-state index contributed by atoms with van der Waals surface area (Å²) in [6.07, 6.45) is 0.363. The SMILES string of the molecule is CCOCC(C)CS(=O)(=O)N1CCC(C)(C(=O)O)C1. The van der Waals surface area contributed by atoms with E-state index in [0.717, 1.165) is 0 Å². The van der Waals surface area contributed by atoms with Gasteiger partial charge in [-0.3, -0.25) is 4.79 Å². The molecule has 1 rings (SSSR count). The molecule has 2 atom stereocenters. The van der Waals surface area contributed by atoms with Crippen LogP contribution in [0.5, 0.6) is 0 Å². The summed E-state index contributed by atoms with van der Waals surface area (Å²) in [5.41, 5.74) is -0.962. The van der Waals surface area contributed by atoms with Crippen molar-refractivity contribution in [3.63, 3.8) is 0 Å². The lowest BCUT2D eigenvalue weighted by Crippen LogP contribution is -2.37. The lowest BCUT2D eigenvalue weighted by molar-refractivity contribution is -0.146. The van der Waals surface area contributed by atoms with Crippen LogP contribution < -0.4 is 0 Å². The Balaban J connectivity index is 2.63. The van der Waals surface area contributed by atoms with Crippen molar-refractivity contribution in [2.45, 2.75) is 27.2 Å². The van der Waals surface area contributed by atoms with E-state index in [1.54, 1.807) is 6.92 Å². The van der Waals surface area contributed by atoms with Gasteiger partial charge < -0.3 is 9.84 Å². The highest BCUT2D eigenvalue weighted by Gasteiger charge is 2.44. The first kappa shape index (κ1) is 16.4. The number of carbonyl (C=O) groups is 1. The third-order valence-electron chi connectivity index (χ3n) is 3.45. The molecule has 19 heavy (non-hydrogen) atoms. The molecule has 1 aliphatic rings. The molecule has 0 radical (unpaired) electrons. The average molecular weight is 293 g/mol. The molecule has 0 aromatic heterocycles. The van der Waals surface area contributed by atoms with Gasteiger partial charge in [0.25, 0.3) is 0 Å². The van der Waals surface area contributed by atoms with Crippen molar-refractivity contribution >= 4 is 16.0 Å². The van der Waals surface area contributed by atoms with Gasteiger partial charge in [0.2, 0.25) is 10.0 Å². The third-order valence-corrected chi connectivity index (χ3v) is 5.54. The van der Waals surface area contributed by atoms with Crippen molar-refractivity contribution in [3.05, 3.63) is 0 Å². The van der Waals surface area contributed by atoms with Gasteiger partial charge in [0.05, 0.1) is 17.8 Å². The quantitative estimate of drug-likeness (QED) is 0.750. The summed E-state index contributed by atoms with van der Waals surface area (Å²) in [6, 6.07) is 0. The highest BCUT2D eigenvalue weighted by molar-refractivity contribution is 7.89. The molecule has 0 spiro atoms. The first-order chi connectivity index (χ1) is 8.71. The fourth-order valence-corrected chi connectivity index (χ4v) is 4.04. The fraction of sp³-hybridized carbons (Fsp3) is 0.917. The lowest BCUT2D eigenvalue weighted by Gasteiger charge is -2.21. The van der Waals surface area contributed by atoms with E-state index >= 15 is 0 Å². The number of carboxylic acids is 1. The Morgan fingerprint density at radius 1 is 1.53 bits per heavy atom. The zero-order chi connectivity index (χ0) is 14.7. The molecule has 2 unspecified atom stereocenters. The van der Waals surface area contributed by atoms with Gasteiger partial charge in [-0.15, -0.1) is 0 Å². The summed E-state index contributed by atoms with van der Waals surface area (Å²) < 4.78 is 30.9. The molecule has 7 heteroatoms. The summed E-state index contributed by atoms with van der Waals surface area (Å²) in [7, 11) is -3.40. The second kappa shape index (κ2) is 6.19. The van der Waals surface area contributed by atoms with Crippen molar-refractivity contribution in [2.24, 2.45) is 11.3 Å². The van der Waals surface area contributed by atoms with Crippen LogP contribution in [0, 0.1) is 11.3 Å². The maximum atomic E-state index is 12.2. The monoisotopic (exact) mass is 293 g/mol. The first-order valence-electron chi connectivity index (χ1n) is 6.50. The van der Waals surface area contributed by atoms with E-state index in [9.17, 15) is 13.2 Å². The van der Waals surface area contributed by atoms with E-state index in [0.29, 0.717) is 19.6 Å². The molecule has 112 valence electrons. The largest absolute Gasteiger partial charge is 0.481 e. The Morgan fingerprint density at radius 3 is 2.63 bits per heavy atom. The van der Waals surface area contributed by atoms with Crippen LogP contribution >= 0.6 is 0 Å². The smallest absolute Gasteiger partial charge is 0.310 e. The molecule has 0 bridgehead atoms. The molecule has 1 fully saturated rings. The predicted molar refractivity (Wildman–Crippen MR) is 71.4 cm³/mol. The van der Waals surface area contributed by atoms with Crippen LogP contribution in [-0.2, 0) is 19.6 Å². The number of hydrogen-bond donors (Lipinski definition) is 1. The van der Waals surface area contributed by atoms with Crippen molar-refractivity contribution in [1.29, 1.82) is 0 Å². The first-order valence-corrected chi connectivity index (χ1v) is 8.11. The van der Waals surface area contributed by atoms with Crippen LogP contribution in [0.25, 0.3) is 0 Å². The van der Waals surface area contributed by atoms with E-state index in [-0.39, 0.29) is 24.8 Å². The molecular formula is C12H23NO5S. The Hall–Kier alpha value is -0.660. The van der Waals surface area contributed by atoms with E-state index in [4.69, 9.17) is 9.84 Å². The molecule has 6 nitrogen and oxygen atoms in total. The van der Waals surface area contributed by atoms with Gasteiger partial charge in [-0.1, -0.05) is 6.92 Å². The molecule has 1 N–H and O–H groups in total. The van der Waals surface area contributed by atoms with E-state index < -0.39 is 21.4 Å².